The van der Waals surface area contributed by atoms with E-state index in [9.17, 15) is 4.79 Å². The van der Waals surface area contributed by atoms with E-state index in [4.69, 9.17) is 0 Å². The number of fused-ring (bicyclic) bond motifs is 2. The lowest BCUT2D eigenvalue weighted by Gasteiger charge is -2.40. The number of hydrogen-bond donors (Lipinski definition) is 1. The van der Waals surface area contributed by atoms with Gasteiger partial charge in [-0.05, 0) is 90.0 Å². The normalized spacial score (nSPS) is 24.1. The van der Waals surface area contributed by atoms with Crippen molar-refractivity contribution in [3.8, 4) is 0 Å². The van der Waals surface area contributed by atoms with Crippen molar-refractivity contribution >= 4 is 17.2 Å². The van der Waals surface area contributed by atoms with Gasteiger partial charge < -0.3 is 5.32 Å². The highest BCUT2D eigenvalue weighted by atomic mass is 32.1. The standard InChI is InChI=1S/C23H28N2OS/c26-22(24-19-5-6-19)13-18-14-23(21-4-2-1-3-20(18)21)8-10-25(11-9-23)15-17-7-12-27-16-17/h1-4,7,12,16,18-19H,5-6,8-11,13-15H2,(H,24,26)/t18-/m1/s1. The SMILES string of the molecule is O=C(C[C@@H]1CC2(CCN(Cc3ccsc3)CC2)c2ccccc21)NC1CC1. The summed E-state index contributed by atoms with van der Waals surface area (Å²) in [7, 11) is 0. The Hall–Kier alpha value is -1.65. The third-order valence-electron chi connectivity index (χ3n) is 6.78. The molecule has 2 aliphatic carbocycles. The van der Waals surface area contributed by atoms with Crippen LogP contribution in [0.3, 0.4) is 0 Å². The van der Waals surface area contributed by atoms with Crippen LogP contribution in [0.5, 0.6) is 0 Å². The lowest BCUT2D eigenvalue weighted by atomic mass is 9.73. The van der Waals surface area contributed by atoms with Gasteiger partial charge >= 0.3 is 0 Å². The highest BCUT2D eigenvalue weighted by molar-refractivity contribution is 7.07. The summed E-state index contributed by atoms with van der Waals surface area (Å²) < 4.78 is 0. The maximum absolute atomic E-state index is 12.4. The first-order valence-corrected chi connectivity index (χ1v) is 11.3. The molecule has 4 heteroatoms. The Morgan fingerprint density at radius 3 is 2.74 bits per heavy atom. The molecule has 1 N–H and O–H groups in total. The van der Waals surface area contributed by atoms with E-state index in [0.717, 1.165) is 38.9 Å². The molecule has 1 spiro atoms. The van der Waals surface area contributed by atoms with Crippen LogP contribution in [0.4, 0.5) is 0 Å². The van der Waals surface area contributed by atoms with Gasteiger partial charge in [-0.25, -0.2) is 0 Å². The smallest absolute Gasteiger partial charge is 0.220 e. The predicted octanol–water partition coefficient (Wildman–Crippen LogP) is 4.44. The Bertz CT molecular complexity index is 804. The summed E-state index contributed by atoms with van der Waals surface area (Å²) in [6.07, 6.45) is 6.57. The van der Waals surface area contributed by atoms with E-state index < -0.39 is 0 Å². The molecule has 142 valence electrons. The maximum Gasteiger partial charge on any atom is 0.220 e. The third-order valence-corrected chi connectivity index (χ3v) is 7.51. The molecule has 2 fully saturated rings. The molecule has 1 aromatic carbocycles. The van der Waals surface area contributed by atoms with Crippen molar-refractivity contribution in [2.45, 2.75) is 62.4 Å². The molecule has 1 saturated carbocycles. The Morgan fingerprint density at radius 1 is 1.19 bits per heavy atom. The first kappa shape index (κ1) is 17.4. The second-order valence-corrected chi connectivity index (χ2v) is 9.50. The van der Waals surface area contributed by atoms with Crippen LogP contribution < -0.4 is 5.32 Å². The number of nitrogens with zero attached hydrogens (tertiary/aromatic N) is 1. The Labute approximate surface area is 165 Å². The van der Waals surface area contributed by atoms with Gasteiger partial charge in [0.15, 0.2) is 0 Å². The van der Waals surface area contributed by atoms with Gasteiger partial charge in [0.1, 0.15) is 0 Å². The molecule has 5 rings (SSSR count). The quantitative estimate of drug-likeness (QED) is 0.832. The first-order valence-electron chi connectivity index (χ1n) is 10.3. The van der Waals surface area contributed by atoms with Crippen LogP contribution in [-0.4, -0.2) is 29.9 Å². The van der Waals surface area contributed by atoms with Crippen molar-refractivity contribution in [1.29, 1.82) is 0 Å². The molecular formula is C23H28N2OS. The van der Waals surface area contributed by atoms with E-state index in [1.165, 1.54) is 29.5 Å². The second kappa shape index (κ2) is 7.06. The molecule has 0 radical (unpaired) electrons. The molecule has 2 aromatic rings. The van der Waals surface area contributed by atoms with Crippen LogP contribution in [0.25, 0.3) is 0 Å². The molecule has 1 aromatic heterocycles. The summed E-state index contributed by atoms with van der Waals surface area (Å²) in [4.78, 5) is 15.0. The topological polar surface area (TPSA) is 32.3 Å². The first-order chi connectivity index (χ1) is 13.2. The second-order valence-electron chi connectivity index (χ2n) is 8.72. The Morgan fingerprint density at radius 2 is 2.00 bits per heavy atom. The van der Waals surface area contributed by atoms with Crippen molar-refractivity contribution in [3.63, 3.8) is 0 Å². The largest absolute Gasteiger partial charge is 0.353 e. The fourth-order valence-electron chi connectivity index (χ4n) is 5.20. The number of thiophene rings is 1. The van der Waals surface area contributed by atoms with E-state index in [1.807, 2.05) is 0 Å². The molecule has 3 aliphatic rings. The van der Waals surface area contributed by atoms with E-state index in [2.05, 4.69) is 51.3 Å². The number of piperidine rings is 1. The molecule has 2 heterocycles. The highest BCUT2D eigenvalue weighted by Gasteiger charge is 2.45. The monoisotopic (exact) mass is 380 g/mol. The minimum absolute atomic E-state index is 0.254. The molecular weight excluding hydrogens is 352 g/mol. The number of amides is 1. The van der Waals surface area contributed by atoms with Gasteiger partial charge in [-0.2, -0.15) is 11.3 Å². The number of hydrogen-bond acceptors (Lipinski definition) is 3. The fraction of sp³-hybridized carbons (Fsp3) is 0.522. The zero-order valence-electron chi connectivity index (χ0n) is 15.8. The molecule has 0 bridgehead atoms. The fourth-order valence-corrected chi connectivity index (χ4v) is 5.86. The minimum atomic E-state index is 0.254. The van der Waals surface area contributed by atoms with Crippen molar-refractivity contribution in [3.05, 3.63) is 57.8 Å². The van der Waals surface area contributed by atoms with Crippen LogP contribution in [0.15, 0.2) is 41.1 Å². The van der Waals surface area contributed by atoms with Gasteiger partial charge in [-0.15, -0.1) is 0 Å². The van der Waals surface area contributed by atoms with Gasteiger partial charge in [0, 0.05) is 19.0 Å². The summed E-state index contributed by atoms with van der Waals surface area (Å²) in [6.45, 7) is 3.39. The highest BCUT2D eigenvalue weighted by Crippen LogP contribution is 2.52. The van der Waals surface area contributed by atoms with E-state index in [0.29, 0.717) is 18.4 Å². The molecule has 1 amide bonds. The van der Waals surface area contributed by atoms with Crippen molar-refractivity contribution in [1.82, 2.24) is 10.2 Å². The Kier molecular flexibility index (Phi) is 4.57. The summed E-state index contributed by atoms with van der Waals surface area (Å²) in [5.41, 5.74) is 4.70. The summed E-state index contributed by atoms with van der Waals surface area (Å²) in [5, 5.41) is 7.63. The van der Waals surface area contributed by atoms with Crippen molar-refractivity contribution in [2.24, 2.45) is 0 Å². The Balaban J connectivity index is 1.29. The molecule has 1 saturated heterocycles. The van der Waals surface area contributed by atoms with Crippen molar-refractivity contribution < 1.29 is 4.79 Å². The lowest BCUT2D eigenvalue weighted by molar-refractivity contribution is -0.121. The number of likely N-dealkylation sites (tertiary alicyclic amines) is 1. The minimum Gasteiger partial charge on any atom is -0.353 e. The number of carbonyl (C=O) groups is 1. The average Bonchev–Trinajstić information content (AvgIpc) is 3.24. The molecule has 1 atom stereocenters. The maximum atomic E-state index is 12.4. The predicted molar refractivity (Wildman–Crippen MR) is 110 cm³/mol. The number of rotatable bonds is 5. The van der Waals surface area contributed by atoms with E-state index in [-0.39, 0.29) is 11.3 Å². The van der Waals surface area contributed by atoms with Crippen LogP contribution in [0.1, 0.15) is 61.1 Å². The van der Waals surface area contributed by atoms with Gasteiger partial charge in [0.05, 0.1) is 0 Å². The molecule has 0 unspecified atom stereocenters. The number of nitrogens with one attached hydrogen (secondary N) is 1. The number of benzene rings is 1. The van der Waals surface area contributed by atoms with Gasteiger partial charge in [0.25, 0.3) is 0 Å². The molecule has 3 nitrogen and oxygen atoms in total. The number of carbonyl (C=O) groups excluding carboxylic acids is 1. The van der Waals surface area contributed by atoms with Crippen molar-refractivity contribution in [2.75, 3.05) is 13.1 Å². The zero-order valence-corrected chi connectivity index (χ0v) is 16.6. The van der Waals surface area contributed by atoms with Gasteiger partial charge in [-0.1, -0.05) is 24.3 Å². The molecule has 1 aliphatic heterocycles. The van der Waals surface area contributed by atoms with E-state index in [1.54, 1.807) is 11.3 Å². The summed E-state index contributed by atoms with van der Waals surface area (Å²) in [5.74, 6) is 0.646. The lowest BCUT2D eigenvalue weighted by Crippen LogP contribution is -2.41. The zero-order chi connectivity index (χ0) is 18.3. The van der Waals surface area contributed by atoms with Crippen LogP contribution >= 0.6 is 11.3 Å². The molecule has 27 heavy (non-hydrogen) atoms. The van der Waals surface area contributed by atoms with Crippen LogP contribution in [-0.2, 0) is 16.8 Å². The average molecular weight is 381 g/mol. The summed E-state index contributed by atoms with van der Waals surface area (Å²) >= 11 is 1.79. The van der Waals surface area contributed by atoms with E-state index >= 15 is 0 Å². The third kappa shape index (κ3) is 3.57. The van der Waals surface area contributed by atoms with Crippen LogP contribution in [0.2, 0.25) is 0 Å². The summed E-state index contributed by atoms with van der Waals surface area (Å²) in [6, 6.07) is 11.7. The van der Waals surface area contributed by atoms with Crippen LogP contribution in [0, 0.1) is 0 Å². The van der Waals surface area contributed by atoms with Gasteiger partial charge in [-0.3, -0.25) is 9.69 Å². The van der Waals surface area contributed by atoms with Gasteiger partial charge in [0.2, 0.25) is 5.91 Å².